The van der Waals surface area contributed by atoms with E-state index in [1.54, 1.807) is 48.0 Å². The van der Waals surface area contributed by atoms with Gasteiger partial charge in [0.15, 0.2) is 0 Å². The Balaban J connectivity index is 1.66. The van der Waals surface area contributed by atoms with E-state index in [-0.39, 0.29) is 11.6 Å². The lowest BCUT2D eigenvalue weighted by atomic mass is 10.0. The molecule has 2 N–H and O–H groups in total. The van der Waals surface area contributed by atoms with E-state index < -0.39 is 11.7 Å². The highest BCUT2D eigenvalue weighted by Crippen LogP contribution is 2.30. The molecule has 0 saturated heterocycles. The number of hydrogen-bond acceptors (Lipinski definition) is 4. The zero-order valence-corrected chi connectivity index (χ0v) is 17.6. The summed E-state index contributed by atoms with van der Waals surface area (Å²) in [5, 5.41) is 5.29. The quantitative estimate of drug-likeness (QED) is 0.353. The molecule has 0 bridgehead atoms. The van der Waals surface area contributed by atoms with Crippen molar-refractivity contribution in [2.75, 3.05) is 17.7 Å². The molecular weight excluding hydrogens is 406 g/mol. The summed E-state index contributed by atoms with van der Waals surface area (Å²) in [6.45, 7) is 1.41. The van der Waals surface area contributed by atoms with Crippen LogP contribution in [-0.4, -0.2) is 29.1 Å². The van der Waals surface area contributed by atoms with Gasteiger partial charge in [-0.1, -0.05) is 18.2 Å². The van der Waals surface area contributed by atoms with E-state index in [4.69, 9.17) is 4.74 Å². The van der Waals surface area contributed by atoms with Gasteiger partial charge in [0, 0.05) is 35.6 Å². The fourth-order valence-corrected chi connectivity index (χ4v) is 3.48. The zero-order chi connectivity index (χ0) is 22.7. The minimum Gasteiger partial charge on any atom is -0.497 e. The first-order valence-corrected chi connectivity index (χ1v) is 9.94. The smallest absolute Gasteiger partial charge is 0.298 e. The van der Waals surface area contributed by atoms with Crippen LogP contribution in [0.5, 0.6) is 5.75 Å². The first-order chi connectivity index (χ1) is 15.5. The predicted molar refractivity (Wildman–Crippen MR) is 123 cm³/mol. The summed E-state index contributed by atoms with van der Waals surface area (Å²) in [6, 6.07) is 21.3. The third-order valence-electron chi connectivity index (χ3n) is 4.97. The van der Waals surface area contributed by atoms with E-state index in [1.165, 1.54) is 6.92 Å². The van der Waals surface area contributed by atoms with Crippen LogP contribution in [0.2, 0.25) is 0 Å². The third-order valence-corrected chi connectivity index (χ3v) is 4.97. The molecule has 2 aromatic heterocycles. The Morgan fingerprint density at radius 3 is 2.12 bits per heavy atom. The molecule has 160 valence electrons. The van der Waals surface area contributed by atoms with Crippen LogP contribution in [0, 0.1) is 0 Å². The standard InChI is InChI=1S/C25H21N3O4/c1-16(29)26-18-8-10-19(11-9-18)27-25(31)24(30)23-22(15-20-5-3-4-14-28(20)23)17-6-12-21(32-2)13-7-17/h3-15H,1-2H3,(H,26,29)(H,27,31). The summed E-state index contributed by atoms with van der Waals surface area (Å²) < 4.78 is 6.93. The molecule has 32 heavy (non-hydrogen) atoms. The van der Waals surface area contributed by atoms with Crippen molar-refractivity contribution in [1.82, 2.24) is 4.40 Å². The van der Waals surface area contributed by atoms with Crippen molar-refractivity contribution in [2.24, 2.45) is 0 Å². The molecule has 0 fully saturated rings. The highest BCUT2D eigenvalue weighted by Gasteiger charge is 2.25. The Labute approximate surface area is 184 Å². The second-order valence-electron chi connectivity index (χ2n) is 7.17. The maximum atomic E-state index is 13.2. The van der Waals surface area contributed by atoms with Gasteiger partial charge in [0.1, 0.15) is 11.4 Å². The number of amides is 2. The minimum absolute atomic E-state index is 0.192. The molecule has 0 aliphatic rings. The number of ketones is 1. The molecule has 4 aromatic rings. The molecule has 0 spiro atoms. The van der Waals surface area contributed by atoms with Gasteiger partial charge in [-0.3, -0.25) is 14.4 Å². The molecular formula is C25H21N3O4. The van der Waals surface area contributed by atoms with E-state index in [1.807, 2.05) is 42.5 Å². The van der Waals surface area contributed by atoms with Crippen molar-refractivity contribution in [3.8, 4) is 16.9 Å². The van der Waals surface area contributed by atoms with Crippen molar-refractivity contribution < 1.29 is 19.1 Å². The number of anilines is 2. The van der Waals surface area contributed by atoms with Crippen LogP contribution in [0.3, 0.4) is 0 Å². The molecule has 0 radical (unpaired) electrons. The second kappa shape index (κ2) is 8.77. The summed E-state index contributed by atoms with van der Waals surface area (Å²) >= 11 is 0. The fourth-order valence-electron chi connectivity index (χ4n) is 3.48. The molecule has 0 atom stereocenters. The van der Waals surface area contributed by atoms with Crippen molar-refractivity contribution in [1.29, 1.82) is 0 Å². The number of aromatic nitrogens is 1. The molecule has 0 saturated carbocycles. The van der Waals surface area contributed by atoms with Crippen LogP contribution in [0.25, 0.3) is 16.6 Å². The molecule has 0 unspecified atom stereocenters. The Hall–Kier alpha value is -4.39. The van der Waals surface area contributed by atoms with Crippen molar-refractivity contribution in [3.05, 3.63) is 84.7 Å². The van der Waals surface area contributed by atoms with E-state index in [0.29, 0.717) is 22.7 Å². The number of Topliss-reactive ketones (excluding diaryl/α,β-unsaturated/α-hetero) is 1. The van der Waals surface area contributed by atoms with Crippen molar-refractivity contribution in [2.45, 2.75) is 6.92 Å². The topological polar surface area (TPSA) is 88.9 Å². The van der Waals surface area contributed by atoms with Gasteiger partial charge >= 0.3 is 0 Å². The highest BCUT2D eigenvalue weighted by atomic mass is 16.5. The van der Waals surface area contributed by atoms with E-state index in [0.717, 1.165) is 11.1 Å². The average Bonchev–Trinajstić information content (AvgIpc) is 3.19. The Kier molecular flexibility index (Phi) is 5.72. The lowest BCUT2D eigenvalue weighted by Crippen LogP contribution is -2.24. The molecule has 0 aliphatic heterocycles. The minimum atomic E-state index is -0.754. The highest BCUT2D eigenvalue weighted by molar-refractivity contribution is 6.47. The average molecular weight is 427 g/mol. The van der Waals surface area contributed by atoms with E-state index in [2.05, 4.69) is 10.6 Å². The third kappa shape index (κ3) is 4.22. The van der Waals surface area contributed by atoms with E-state index >= 15 is 0 Å². The number of fused-ring (bicyclic) bond motifs is 1. The normalized spacial score (nSPS) is 10.6. The van der Waals surface area contributed by atoms with Gasteiger partial charge < -0.3 is 19.8 Å². The molecule has 2 aromatic carbocycles. The Morgan fingerprint density at radius 1 is 0.844 bits per heavy atom. The van der Waals surface area contributed by atoms with Gasteiger partial charge in [-0.25, -0.2) is 0 Å². The maximum absolute atomic E-state index is 13.2. The van der Waals surface area contributed by atoms with Crippen LogP contribution < -0.4 is 15.4 Å². The number of pyridine rings is 1. The molecule has 2 amide bonds. The van der Waals surface area contributed by atoms with Gasteiger partial charge in [0.25, 0.3) is 11.7 Å². The largest absolute Gasteiger partial charge is 0.497 e. The zero-order valence-electron chi connectivity index (χ0n) is 17.6. The number of nitrogens with zero attached hydrogens (tertiary/aromatic N) is 1. The Bertz CT molecular complexity index is 1310. The first kappa shape index (κ1) is 20.9. The summed E-state index contributed by atoms with van der Waals surface area (Å²) in [7, 11) is 1.59. The lowest BCUT2D eigenvalue weighted by Gasteiger charge is -2.09. The Morgan fingerprint density at radius 2 is 1.50 bits per heavy atom. The van der Waals surface area contributed by atoms with Crippen LogP contribution in [-0.2, 0) is 9.59 Å². The number of hydrogen-bond donors (Lipinski definition) is 2. The molecule has 4 rings (SSSR count). The number of rotatable bonds is 6. The predicted octanol–water partition coefficient (Wildman–Crippen LogP) is 4.39. The molecule has 0 aliphatic carbocycles. The second-order valence-corrected chi connectivity index (χ2v) is 7.17. The number of methoxy groups -OCH3 is 1. The summed E-state index contributed by atoms with van der Waals surface area (Å²) in [5.74, 6) is -0.905. The maximum Gasteiger partial charge on any atom is 0.298 e. The first-order valence-electron chi connectivity index (χ1n) is 9.94. The molecule has 2 heterocycles. The van der Waals surface area contributed by atoms with Crippen LogP contribution in [0.1, 0.15) is 17.4 Å². The summed E-state index contributed by atoms with van der Waals surface area (Å²) in [5.41, 5.74) is 3.57. The lowest BCUT2D eigenvalue weighted by molar-refractivity contribution is -0.114. The van der Waals surface area contributed by atoms with Crippen molar-refractivity contribution >= 4 is 34.5 Å². The SMILES string of the molecule is COc1ccc(-c2cc3ccccn3c2C(=O)C(=O)Nc2ccc(NC(C)=O)cc2)cc1. The number of nitrogens with one attached hydrogen (secondary N) is 2. The number of carbonyl (C=O) groups excluding carboxylic acids is 3. The van der Waals surface area contributed by atoms with Gasteiger partial charge in [0.2, 0.25) is 5.91 Å². The summed E-state index contributed by atoms with van der Waals surface area (Å²) in [4.78, 5) is 37.2. The van der Waals surface area contributed by atoms with Gasteiger partial charge in [0.05, 0.1) is 7.11 Å². The van der Waals surface area contributed by atoms with Gasteiger partial charge in [-0.2, -0.15) is 0 Å². The fraction of sp³-hybridized carbons (Fsp3) is 0.0800. The van der Waals surface area contributed by atoms with E-state index in [9.17, 15) is 14.4 Å². The van der Waals surface area contributed by atoms with Crippen LogP contribution in [0.15, 0.2) is 79.0 Å². The monoisotopic (exact) mass is 427 g/mol. The number of benzene rings is 2. The van der Waals surface area contributed by atoms with Gasteiger partial charge in [-0.15, -0.1) is 0 Å². The number of carbonyl (C=O) groups is 3. The summed E-state index contributed by atoms with van der Waals surface area (Å²) in [6.07, 6.45) is 1.76. The van der Waals surface area contributed by atoms with Crippen LogP contribution >= 0.6 is 0 Å². The number of ether oxygens (including phenoxy) is 1. The van der Waals surface area contributed by atoms with Crippen molar-refractivity contribution in [3.63, 3.8) is 0 Å². The van der Waals surface area contributed by atoms with Gasteiger partial charge in [-0.05, 0) is 60.2 Å². The van der Waals surface area contributed by atoms with Crippen LogP contribution in [0.4, 0.5) is 11.4 Å². The molecule has 7 nitrogen and oxygen atoms in total. The molecule has 7 heteroatoms.